The molecule has 1 fully saturated rings. The number of benzene rings is 2. The number of hydrogen-bond donors (Lipinski definition) is 1. The van der Waals surface area contributed by atoms with Crippen LogP contribution in [0.4, 0.5) is 14.7 Å². The third-order valence-corrected chi connectivity index (χ3v) is 5.67. The van der Waals surface area contributed by atoms with Crippen LogP contribution in [0.2, 0.25) is 5.02 Å². The predicted molar refractivity (Wildman–Crippen MR) is 114 cm³/mol. The number of aromatic carboxylic acids is 1. The zero-order valence-electron chi connectivity index (χ0n) is 16.6. The van der Waals surface area contributed by atoms with Crippen molar-refractivity contribution >= 4 is 23.5 Å². The zero-order valence-corrected chi connectivity index (χ0v) is 17.3. The molecule has 4 rings (SSSR count). The van der Waals surface area contributed by atoms with Crippen molar-refractivity contribution in [2.45, 2.75) is 31.7 Å². The second kappa shape index (κ2) is 8.98. The molecule has 1 aliphatic heterocycles. The number of halogens is 3. The van der Waals surface area contributed by atoms with Crippen LogP contribution in [0.5, 0.6) is 0 Å². The largest absolute Gasteiger partial charge is 0.478 e. The summed E-state index contributed by atoms with van der Waals surface area (Å²) >= 11 is 6.00. The molecule has 3 aromatic rings. The van der Waals surface area contributed by atoms with Crippen LogP contribution in [0, 0.1) is 11.6 Å². The first-order valence-corrected chi connectivity index (χ1v) is 10.3. The van der Waals surface area contributed by atoms with Gasteiger partial charge in [0.25, 0.3) is 0 Å². The Morgan fingerprint density at radius 2 is 1.84 bits per heavy atom. The van der Waals surface area contributed by atoms with Gasteiger partial charge < -0.3 is 10.0 Å². The van der Waals surface area contributed by atoms with Crippen molar-refractivity contribution in [2.24, 2.45) is 0 Å². The third kappa shape index (κ3) is 4.82. The summed E-state index contributed by atoms with van der Waals surface area (Å²) < 4.78 is 27.0. The average Bonchev–Trinajstić information content (AvgIpc) is 3.21. The summed E-state index contributed by atoms with van der Waals surface area (Å²) in [6.07, 6.45) is 3.66. The normalized spacial score (nSPS) is 16.0. The van der Waals surface area contributed by atoms with Gasteiger partial charge in [0.15, 0.2) is 0 Å². The maximum Gasteiger partial charge on any atom is 0.339 e. The molecular weight excluding hydrogens is 424 g/mol. The van der Waals surface area contributed by atoms with Gasteiger partial charge in [-0.25, -0.2) is 23.5 Å². The van der Waals surface area contributed by atoms with E-state index in [1.807, 2.05) is 24.3 Å². The van der Waals surface area contributed by atoms with Gasteiger partial charge in [-0.2, -0.15) is 0 Å². The second-order valence-electron chi connectivity index (χ2n) is 7.52. The van der Waals surface area contributed by atoms with E-state index in [1.54, 1.807) is 0 Å². The Kier molecular flexibility index (Phi) is 6.13. The Balaban J connectivity index is 1.61. The van der Waals surface area contributed by atoms with Crippen LogP contribution < -0.4 is 4.90 Å². The van der Waals surface area contributed by atoms with E-state index < -0.39 is 17.6 Å². The molecule has 0 saturated carbocycles. The number of anilines is 1. The molecule has 0 spiro atoms. The van der Waals surface area contributed by atoms with Gasteiger partial charge in [0.05, 0.1) is 17.3 Å². The van der Waals surface area contributed by atoms with E-state index in [-0.39, 0.29) is 24.4 Å². The first kappa shape index (κ1) is 21.2. The molecule has 0 amide bonds. The minimum absolute atomic E-state index is 0.0112. The van der Waals surface area contributed by atoms with E-state index in [2.05, 4.69) is 14.9 Å². The molecule has 0 bridgehead atoms. The maximum absolute atomic E-state index is 13.5. The van der Waals surface area contributed by atoms with Crippen molar-refractivity contribution in [1.82, 2.24) is 9.97 Å². The standard InChI is InChI=1S/C23H20ClF2N3O2/c24-16-6-4-15(5-7-16)21-2-1-9-29(21)23-27-13-19(22(30)31)20(28-23)8-3-14-10-17(25)12-18(26)11-14/h4-7,10-13,21H,1-3,8-9H2,(H,30,31)/t21-/m1/s1. The van der Waals surface area contributed by atoms with Crippen molar-refractivity contribution in [3.8, 4) is 0 Å². The summed E-state index contributed by atoms with van der Waals surface area (Å²) in [6, 6.07) is 11.0. The van der Waals surface area contributed by atoms with E-state index in [9.17, 15) is 18.7 Å². The van der Waals surface area contributed by atoms with Crippen LogP contribution >= 0.6 is 11.6 Å². The van der Waals surface area contributed by atoms with E-state index in [1.165, 1.54) is 18.3 Å². The van der Waals surface area contributed by atoms with Crippen molar-refractivity contribution in [3.05, 3.63) is 87.7 Å². The second-order valence-corrected chi connectivity index (χ2v) is 7.95. The van der Waals surface area contributed by atoms with Crippen molar-refractivity contribution in [2.75, 3.05) is 11.4 Å². The first-order valence-electron chi connectivity index (χ1n) is 9.97. The van der Waals surface area contributed by atoms with Crippen LogP contribution in [0.25, 0.3) is 0 Å². The molecule has 1 N–H and O–H groups in total. The Bertz CT molecular complexity index is 1090. The van der Waals surface area contributed by atoms with Gasteiger partial charge in [-0.1, -0.05) is 23.7 Å². The zero-order chi connectivity index (χ0) is 22.0. The number of rotatable bonds is 6. The van der Waals surface area contributed by atoms with Gasteiger partial charge in [0.1, 0.15) is 11.6 Å². The lowest BCUT2D eigenvalue weighted by Crippen LogP contribution is -2.25. The molecule has 1 aliphatic rings. The van der Waals surface area contributed by atoms with E-state index in [0.717, 1.165) is 31.0 Å². The van der Waals surface area contributed by atoms with Crippen molar-refractivity contribution in [3.63, 3.8) is 0 Å². The highest BCUT2D eigenvalue weighted by atomic mass is 35.5. The Morgan fingerprint density at radius 1 is 1.13 bits per heavy atom. The minimum Gasteiger partial charge on any atom is -0.478 e. The highest BCUT2D eigenvalue weighted by Gasteiger charge is 2.29. The average molecular weight is 444 g/mol. The lowest BCUT2D eigenvalue weighted by Gasteiger charge is -2.25. The number of carbonyl (C=O) groups is 1. The third-order valence-electron chi connectivity index (χ3n) is 5.42. The molecule has 160 valence electrons. The molecule has 1 aromatic heterocycles. The highest BCUT2D eigenvalue weighted by Crippen LogP contribution is 2.35. The molecule has 31 heavy (non-hydrogen) atoms. The fourth-order valence-corrected chi connectivity index (χ4v) is 4.10. The van der Waals surface area contributed by atoms with Crippen LogP contribution in [-0.4, -0.2) is 27.6 Å². The van der Waals surface area contributed by atoms with Crippen LogP contribution in [0.15, 0.2) is 48.7 Å². The summed E-state index contributed by atoms with van der Waals surface area (Å²) in [7, 11) is 0. The maximum atomic E-state index is 13.5. The molecule has 8 heteroatoms. The van der Waals surface area contributed by atoms with Gasteiger partial charge in [-0.3, -0.25) is 0 Å². The Morgan fingerprint density at radius 3 is 2.52 bits per heavy atom. The summed E-state index contributed by atoms with van der Waals surface area (Å²) in [6.45, 7) is 0.744. The molecule has 5 nitrogen and oxygen atoms in total. The SMILES string of the molecule is O=C(O)c1cnc(N2CCC[C@@H]2c2ccc(Cl)cc2)nc1CCc1cc(F)cc(F)c1. The van der Waals surface area contributed by atoms with Gasteiger partial charge in [-0.05, 0) is 61.1 Å². The summed E-state index contributed by atoms with van der Waals surface area (Å²) in [5, 5.41) is 10.2. The number of hydrogen-bond acceptors (Lipinski definition) is 4. The molecular formula is C23H20ClF2N3O2. The highest BCUT2D eigenvalue weighted by molar-refractivity contribution is 6.30. The summed E-state index contributed by atoms with van der Waals surface area (Å²) in [4.78, 5) is 22.6. The van der Waals surface area contributed by atoms with Crippen LogP contribution in [0.1, 0.15) is 46.1 Å². The number of carboxylic acid groups (broad SMARTS) is 1. The Hall–Kier alpha value is -3.06. The lowest BCUT2D eigenvalue weighted by atomic mass is 10.0. The van der Waals surface area contributed by atoms with Gasteiger partial charge in [-0.15, -0.1) is 0 Å². The van der Waals surface area contributed by atoms with E-state index in [4.69, 9.17) is 11.6 Å². The fraction of sp³-hybridized carbons (Fsp3) is 0.261. The monoisotopic (exact) mass is 443 g/mol. The quantitative estimate of drug-likeness (QED) is 0.564. The minimum atomic E-state index is -1.14. The van der Waals surface area contributed by atoms with Gasteiger partial charge >= 0.3 is 5.97 Å². The molecule has 0 unspecified atom stereocenters. The topological polar surface area (TPSA) is 66.3 Å². The number of carboxylic acids is 1. The fourth-order valence-electron chi connectivity index (χ4n) is 3.97. The molecule has 0 radical (unpaired) electrons. The van der Waals surface area contributed by atoms with Crippen molar-refractivity contribution < 1.29 is 18.7 Å². The Labute approximate surface area is 183 Å². The number of nitrogens with zero attached hydrogens (tertiary/aromatic N) is 3. The smallest absolute Gasteiger partial charge is 0.339 e. The molecule has 2 heterocycles. The van der Waals surface area contributed by atoms with Crippen molar-refractivity contribution in [1.29, 1.82) is 0 Å². The molecule has 1 atom stereocenters. The predicted octanol–water partition coefficient (Wildman–Crippen LogP) is 5.23. The van der Waals surface area contributed by atoms with Gasteiger partial charge in [0.2, 0.25) is 5.95 Å². The molecule has 1 saturated heterocycles. The summed E-state index contributed by atoms with van der Waals surface area (Å²) in [5.74, 6) is -2.02. The molecule has 2 aromatic carbocycles. The first-order chi connectivity index (χ1) is 14.9. The lowest BCUT2D eigenvalue weighted by molar-refractivity contribution is 0.0694. The van der Waals surface area contributed by atoms with Crippen LogP contribution in [0.3, 0.4) is 0 Å². The van der Waals surface area contributed by atoms with E-state index in [0.29, 0.717) is 22.2 Å². The molecule has 0 aliphatic carbocycles. The number of aryl methyl sites for hydroxylation is 2. The number of aromatic nitrogens is 2. The van der Waals surface area contributed by atoms with E-state index >= 15 is 0 Å². The van der Waals surface area contributed by atoms with Crippen LogP contribution in [-0.2, 0) is 12.8 Å². The summed E-state index contributed by atoms with van der Waals surface area (Å²) in [5.41, 5.74) is 1.85. The van der Waals surface area contributed by atoms with Gasteiger partial charge in [0, 0.05) is 23.8 Å².